The number of benzene rings is 1. The summed E-state index contributed by atoms with van der Waals surface area (Å²) < 4.78 is 7.02. The number of rotatable bonds is 2. The first-order valence-corrected chi connectivity index (χ1v) is 6.95. The Hall–Kier alpha value is -0.990. The van der Waals surface area contributed by atoms with E-state index in [2.05, 4.69) is 37.8 Å². The quantitative estimate of drug-likeness (QED) is 0.746. The predicted molar refractivity (Wildman–Crippen MR) is 77.7 cm³/mol. The van der Waals surface area contributed by atoms with Crippen molar-refractivity contribution < 1.29 is 9.53 Å². The highest BCUT2D eigenvalue weighted by atomic mass is 79.9. The summed E-state index contributed by atoms with van der Waals surface area (Å²) in [6.07, 6.45) is 5.78. The largest absolute Gasteiger partial charge is 0.494 e. The van der Waals surface area contributed by atoms with Crippen molar-refractivity contribution in [2.24, 2.45) is 5.92 Å². The summed E-state index contributed by atoms with van der Waals surface area (Å²) in [4.78, 5) is 13.7. The van der Waals surface area contributed by atoms with E-state index in [1.54, 1.807) is 12.0 Å². The Kier molecular flexibility index (Phi) is 3.98. The van der Waals surface area contributed by atoms with Crippen molar-refractivity contribution in [3.8, 4) is 18.1 Å². The summed E-state index contributed by atoms with van der Waals surface area (Å²) in [6.45, 7) is 0.534. The van der Waals surface area contributed by atoms with Crippen LogP contribution >= 0.6 is 31.9 Å². The van der Waals surface area contributed by atoms with Gasteiger partial charge in [0.2, 0.25) is 5.91 Å². The maximum absolute atomic E-state index is 12.0. The molecule has 18 heavy (non-hydrogen) atoms. The van der Waals surface area contributed by atoms with E-state index in [-0.39, 0.29) is 11.8 Å². The molecule has 0 aliphatic carbocycles. The zero-order chi connectivity index (χ0) is 13.3. The number of halogens is 2. The van der Waals surface area contributed by atoms with Gasteiger partial charge in [-0.1, -0.05) is 15.9 Å². The number of hydrogen-bond acceptors (Lipinski definition) is 2. The van der Waals surface area contributed by atoms with Crippen molar-refractivity contribution in [3.63, 3.8) is 0 Å². The Morgan fingerprint density at radius 1 is 1.50 bits per heavy atom. The van der Waals surface area contributed by atoms with E-state index >= 15 is 0 Å². The standard InChI is InChI=1S/C13H11Br2NO2/c1-3-8-4-12(17)16(7-8)13-10(15)5-9(14)6-11(13)18-2/h1,5-6,8H,4,7H2,2H3. The predicted octanol–water partition coefficient (Wildman–Crippen LogP) is 3.21. The monoisotopic (exact) mass is 371 g/mol. The number of carbonyl (C=O) groups excluding carboxylic acids is 1. The highest BCUT2D eigenvalue weighted by molar-refractivity contribution is 9.11. The van der Waals surface area contributed by atoms with Crippen LogP contribution in [0.3, 0.4) is 0 Å². The number of methoxy groups -OCH3 is 1. The van der Waals surface area contributed by atoms with Gasteiger partial charge >= 0.3 is 0 Å². The first-order valence-electron chi connectivity index (χ1n) is 5.36. The topological polar surface area (TPSA) is 29.5 Å². The Balaban J connectivity index is 2.46. The van der Waals surface area contributed by atoms with Crippen LogP contribution in [-0.4, -0.2) is 19.6 Å². The lowest BCUT2D eigenvalue weighted by molar-refractivity contribution is -0.117. The number of hydrogen-bond donors (Lipinski definition) is 0. The fourth-order valence-corrected chi connectivity index (χ4v) is 3.40. The van der Waals surface area contributed by atoms with Gasteiger partial charge in [0.1, 0.15) is 11.4 Å². The molecule has 0 bridgehead atoms. The molecular weight excluding hydrogens is 362 g/mol. The average molecular weight is 373 g/mol. The minimum absolute atomic E-state index is 0.0271. The third kappa shape index (κ3) is 2.40. The van der Waals surface area contributed by atoms with Gasteiger partial charge in [-0.15, -0.1) is 12.3 Å². The van der Waals surface area contributed by atoms with E-state index < -0.39 is 0 Å². The first kappa shape index (κ1) is 13.4. The molecule has 1 heterocycles. The summed E-state index contributed by atoms with van der Waals surface area (Å²) in [6, 6.07) is 3.71. The second-order valence-corrected chi connectivity index (χ2v) is 5.78. The van der Waals surface area contributed by atoms with Crippen LogP contribution in [0.1, 0.15) is 6.42 Å². The second kappa shape index (κ2) is 5.33. The summed E-state index contributed by atoms with van der Waals surface area (Å²) in [5.74, 6) is 3.27. The van der Waals surface area contributed by atoms with Crippen LogP contribution in [0, 0.1) is 18.3 Å². The first-order chi connectivity index (χ1) is 8.56. The number of terminal acetylenes is 1. The molecule has 1 unspecified atom stereocenters. The summed E-state index contributed by atoms with van der Waals surface area (Å²) in [5, 5.41) is 0. The summed E-state index contributed by atoms with van der Waals surface area (Å²) in [5.41, 5.74) is 0.739. The number of nitrogens with zero attached hydrogens (tertiary/aromatic N) is 1. The van der Waals surface area contributed by atoms with E-state index in [0.29, 0.717) is 18.7 Å². The molecule has 1 saturated heterocycles. The maximum atomic E-state index is 12.0. The van der Waals surface area contributed by atoms with Crippen LogP contribution in [-0.2, 0) is 4.79 Å². The average Bonchev–Trinajstić information content (AvgIpc) is 2.69. The number of amides is 1. The molecule has 94 valence electrons. The molecule has 1 aromatic rings. The molecule has 0 N–H and O–H groups in total. The molecular formula is C13H11Br2NO2. The van der Waals surface area contributed by atoms with Crippen molar-refractivity contribution in [1.29, 1.82) is 0 Å². The van der Waals surface area contributed by atoms with Crippen LogP contribution in [0.2, 0.25) is 0 Å². The molecule has 0 aromatic heterocycles. The number of anilines is 1. The molecule has 2 rings (SSSR count). The fraction of sp³-hybridized carbons (Fsp3) is 0.308. The highest BCUT2D eigenvalue weighted by Gasteiger charge is 2.32. The molecule has 1 aromatic carbocycles. The van der Waals surface area contributed by atoms with Crippen molar-refractivity contribution in [2.45, 2.75) is 6.42 Å². The third-order valence-electron chi connectivity index (χ3n) is 2.84. The van der Waals surface area contributed by atoms with Gasteiger partial charge in [0, 0.05) is 27.8 Å². The Morgan fingerprint density at radius 3 is 2.78 bits per heavy atom. The zero-order valence-electron chi connectivity index (χ0n) is 9.74. The van der Waals surface area contributed by atoms with Gasteiger partial charge < -0.3 is 9.64 Å². The van der Waals surface area contributed by atoms with E-state index in [4.69, 9.17) is 11.2 Å². The van der Waals surface area contributed by atoms with E-state index in [9.17, 15) is 4.79 Å². The number of ether oxygens (including phenoxy) is 1. The van der Waals surface area contributed by atoms with Crippen LogP contribution < -0.4 is 9.64 Å². The summed E-state index contributed by atoms with van der Waals surface area (Å²) in [7, 11) is 1.58. The molecule has 1 amide bonds. The van der Waals surface area contributed by atoms with Crippen LogP contribution in [0.5, 0.6) is 5.75 Å². The third-order valence-corrected chi connectivity index (χ3v) is 3.91. The van der Waals surface area contributed by atoms with Gasteiger partial charge in [-0.05, 0) is 28.1 Å². The van der Waals surface area contributed by atoms with Gasteiger partial charge in [-0.2, -0.15) is 0 Å². The van der Waals surface area contributed by atoms with Gasteiger partial charge in [-0.25, -0.2) is 0 Å². The lowest BCUT2D eigenvalue weighted by Crippen LogP contribution is -2.25. The van der Waals surface area contributed by atoms with Crippen molar-refractivity contribution in [1.82, 2.24) is 0 Å². The van der Waals surface area contributed by atoms with Gasteiger partial charge in [0.05, 0.1) is 7.11 Å². The zero-order valence-corrected chi connectivity index (χ0v) is 12.9. The molecule has 5 heteroatoms. The minimum atomic E-state index is -0.0299. The minimum Gasteiger partial charge on any atom is -0.494 e. The van der Waals surface area contributed by atoms with E-state index in [1.165, 1.54) is 0 Å². The molecule has 1 aliphatic heterocycles. The molecule has 3 nitrogen and oxygen atoms in total. The van der Waals surface area contributed by atoms with Crippen molar-refractivity contribution >= 4 is 43.5 Å². The molecule has 0 spiro atoms. The molecule has 1 fully saturated rings. The molecule has 1 aliphatic rings. The van der Waals surface area contributed by atoms with E-state index in [0.717, 1.165) is 14.6 Å². The second-order valence-electron chi connectivity index (χ2n) is 4.01. The Bertz CT molecular complexity index is 537. The molecule has 1 atom stereocenters. The fourth-order valence-electron chi connectivity index (χ4n) is 2.00. The van der Waals surface area contributed by atoms with Crippen LogP contribution in [0.25, 0.3) is 0 Å². The lowest BCUT2D eigenvalue weighted by Gasteiger charge is -2.21. The van der Waals surface area contributed by atoms with Gasteiger partial charge in [0.25, 0.3) is 0 Å². The Morgan fingerprint density at radius 2 is 2.22 bits per heavy atom. The lowest BCUT2D eigenvalue weighted by atomic mass is 10.1. The number of carbonyl (C=O) groups is 1. The highest BCUT2D eigenvalue weighted by Crippen LogP contribution is 2.41. The smallest absolute Gasteiger partial charge is 0.228 e. The van der Waals surface area contributed by atoms with Crippen molar-refractivity contribution in [3.05, 3.63) is 21.1 Å². The maximum Gasteiger partial charge on any atom is 0.228 e. The Labute approximate surface area is 123 Å². The molecule has 0 radical (unpaired) electrons. The van der Waals surface area contributed by atoms with E-state index in [1.807, 2.05) is 12.1 Å². The van der Waals surface area contributed by atoms with Gasteiger partial charge in [0.15, 0.2) is 0 Å². The summed E-state index contributed by atoms with van der Waals surface area (Å²) >= 11 is 6.85. The SMILES string of the molecule is C#CC1CC(=O)N(c2c(Br)cc(Br)cc2OC)C1. The van der Waals surface area contributed by atoms with Crippen LogP contribution in [0.4, 0.5) is 5.69 Å². The van der Waals surface area contributed by atoms with Crippen molar-refractivity contribution in [2.75, 3.05) is 18.6 Å². The normalized spacial score (nSPS) is 18.9. The molecule has 0 saturated carbocycles. The van der Waals surface area contributed by atoms with Gasteiger partial charge in [-0.3, -0.25) is 4.79 Å². The van der Waals surface area contributed by atoms with Crippen LogP contribution in [0.15, 0.2) is 21.1 Å².